The van der Waals surface area contributed by atoms with Gasteiger partial charge in [-0.1, -0.05) is 11.6 Å². The van der Waals surface area contributed by atoms with Crippen LogP contribution in [0, 0.1) is 5.92 Å². The van der Waals surface area contributed by atoms with Crippen LogP contribution in [-0.2, 0) is 4.79 Å². The summed E-state index contributed by atoms with van der Waals surface area (Å²) in [5, 5.41) is 6.52. The minimum absolute atomic E-state index is 0.0195. The predicted molar refractivity (Wildman–Crippen MR) is 75.3 cm³/mol. The summed E-state index contributed by atoms with van der Waals surface area (Å²) in [6.07, 6.45) is 0.514. The Morgan fingerprint density at radius 3 is 2.89 bits per heavy atom. The highest BCUT2D eigenvalue weighted by Crippen LogP contribution is 2.36. The SMILES string of the molecule is COc1c(Br)cc(Cl)cc1NC(=O)CC1CNC1. The molecule has 0 radical (unpaired) electrons. The molecule has 1 heterocycles. The van der Waals surface area contributed by atoms with Gasteiger partial charge in [-0.05, 0) is 47.1 Å². The summed E-state index contributed by atoms with van der Waals surface area (Å²) in [4.78, 5) is 11.9. The van der Waals surface area contributed by atoms with E-state index in [1.807, 2.05) is 0 Å². The lowest BCUT2D eigenvalue weighted by molar-refractivity contribution is -0.117. The highest BCUT2D eigenvalue weighted by molar-refractivity contribution is 9.10. The third-order valence-corrected chi connectivity index (χ3v) is 3.63. The molecule has 0 unspecified atom stereocenters. The van der Waals surface area contributed by atoms with Crippen LogP contribution in [0.5, 0.6) is 5.75 Å². The largest absolute Gasteiger partial charge is 0.493 e. The molecular weight excluding hydrogens is 320 g/mol. The van der Waals surface area contributed by atoms with Crippen LogP contribution in [0.2, 0.25) is 5.02 Å². The zero-order chi connectivity index (χ0) is 13.1. The first-order valence-electron chi connectivity index (χ1n) is 5.63. The van der Waals surface area contributed by atoms with Crippen molar-refractivity contribution < 1.29 is 9.53 Å². The minimum atomic E-state index is -0.0195. The zero-order valence-corrected chi connectivity index (χ0v) is 12.3. The van der Waals surface area contributed by atoms with Gasteiger partial charge in [0.25, 0.3) is 0 Å². The molecule has 0 aromatic heterocycles. The molecule has 2 rings (SSSR count). The van der Waals surface area contributed by atoms with E-state index in [0.29, 0.717) is 28.8 Å². The van der Waals surface area contributed by atoms with Crippen LogP contribution in [0.15, 0.2) is 16.6 Å². The average molecular weight is 334 g/mol. The van der Waals surface area contributed by atoms with Crippen LogP contribution in [0.4, 0.5) is 5.69 Å². The van der Waals surface area contributed by atoms with Gasteiger partial charge in [-0.3, -0.25) is 4.79 Å². The van der Waals surface area contributed by atoms with Gasteiger partial charge >= 0.3 is 0 Å². The van der Waals surface area contributed by atoms with Gasteiger partial charge < -0.3 is 15.4 Å². The maximum absolute atomic E-state index is 11.9. The fourth-order valence-corrected chi connectivity index (χ4v) is 2.79. The number of benzene rings is 1. The fraction of sp³-hybridized carbons (Fsp3) is 0.417. The predicted octanol–water partition coefficient (Wildman–Crippen LogP) is 2.66. The molecule has 6 heteroatoms. The average Bonchev–Trinajstić information content (AvgIpc) is 2.23. The van der Waals surface area contributed by atoms with Gasteiger partial charge in [-0.2, -0.15) is 0 Å². The van der Waals surface area contributed by atoms with Crippen LogP contribution >= 0.6 is 27.5 Å². The number of halogens is 2. The Morgan fingerprint density at radius 2 is 2.33 bits per heavy atom. The molecule has 0 saturated carbocycles. The maximum atomic E-state index is 11.9. The molecule has 4 nitrogen and oxygen atoms in total. The molecule has 18 heavy (non-hydrogen) atoms. The molecule has 1 aromatic carbocycles. The number of hydrogen-bond acceptors (Lipinski definition) is 3. The number of methoxy groups -OCH3 is 1. The van der Waals surface area contributed by atoms with E-state index in [0.717, 1.165) is 17.6 Å². The van der Waals surface area contributed by atoms with E-state index in [9.17, 15) is 4.79 Å². The van der Waals surface area contributed by atoms with Crippen LogP contribution < -0.4 is 15.4 Å². The van der Waals surface area contributed by atoms with Gasteiger partial charge in [0.2, 0.25) is 5.91 Å². The molecule has 2 N–H and O–H groups in total. The van der Waals surface area contributed by atoms with Crippen molar-refractivity contribution in [3.63, 3.8) is 0 Å². The second-order valence-corrected chi connectivity index (χ2v) is 5.54. The lowest BCUT2D eigenvalue weighted by Gasteiger charge is -2.26. The summed E-state index contributed by atoms with van der Waals surface area (Å²) < 4.78 is 5.97. The van der Waals surface area contributed by atoms with E-state index in [1.54, 1.807) is 19.2 Å². The fourth-order valence-electron chi connectivity index (χ4n) is 1.82. The van der Waals surface area contributed by atoms with Gasteiger partial charge in [0.1, 0.15) is 0 Å². The van der Waals surface area contributed by atoms with Gasteiger partial charge in [0.05, 0.1) is 17.3 Å². The van der Waals surface area contributed by atoms with Crippen molar-refractivity contribution in [3.8, 4) is 5.75 Å². The molecule has 0 spiro atoms. The van der Waals surface area contributed by atoms with Crippen molar-refractivity contribution in [1.29, 1.82) is 0 Å². The number of amides is 1. The third-order valence-electron chi connectivity index (χ3n) is 2.83. The smallest absolute Gasteiger partial charge is 0.224 e. The molecule has 1 saturated heterocycles. The van der Waals surface area contributed by atoms with E-state index in [-0.39, 0.29) is 5.91 Å². The number of rotatable bonds is 4. The third kappa shape index (κ3) is 3.16. The second-order valence-electron chi connectivity index (χ2n) is 4.24. The lowest BCUT2D eigenvalue weighted by atomic mass is 9.99. The van der Waals surface area contributed by atoms with E-state index in [1.165, 1.54) is 0 Å². The molecule has 98 valence electrons. The number of hydrogen-bond donors (Lipinski definition) is 2. The van der Waals surface area contributed by atoms with Crippen molar-refractivity contribution in [2.75, 3.05) is 25.5 Å². The summed E-state index contributed by atoms with van der Waals surface area (Å²) in [5.74, 6) is 0.993. The standard InChI is InChI=1S/C12H14BrClN2O2/c1-18-12-9(13)3-8(14)4-10(12)16-11(17)2-7-5-15-6-7/h3-4,7,15H,2,5-6H2,1H3,(H,16,17). The Hall–Kier alpha value is -0.780. The normalized spacial score (nSPS) is 15.1. The number of carbonyl (C=O) groups excluding carboxylic acids is 1. The van der Waals surface area contributed by atoms with E-state index >= 15 is 0 Å². The number of carbonyl (C=O) groups is 1. The van der Waals surface area contributed by atoms with Crippen molar-refractivity contribution in [1.82, 2.24) is 5.32 Å². The monoisotopic (exact) mass is 332 g/mol. The van der Waals surface area contributed by atoms with Crippen molar-refractivity contribution in [2.24, 2.45) is 5.92 Å². The topological polar surface area (TPSA) is 50.4 Å². The van der Waals surface area contributed by atoms with E-state index in [4.69, 9.17) is 16.3 Å². The van der Waals surface area contributed by atoms with Crippen LogP contribution in [0.3, 0.4) is 0 Å². The summed E-state index contributed by atoms with van der Waals surface area (Å²) >= 11 is 9.31. The quantitative estimate of drug-likeness (QED) is 0.890. The van der Waals surface area contributed by atoms with Crippen LogP contribution in [0.25, 0.3) is 0 Å². The van der Waals surface area contributed by atoms with E-state index < -0.39 is 0 Å². The number of anilines is 1. The first-order valence-corrected chi connectivity index (χ1v) is 6.81. The molecule has 0 atom stereocenters. The Morgan fingerprint density at radius 1 is 1.61 bits per heavy atom. The summed E-state index contributed by atoms with van der Waals surface area (Å²) in [6, 6.07) is 3.41. The summed E-state index contributed by atoms with van der Waals surface area (Å²) in [5.41, 5.74) is 0.592. The highest BCUT2D eigenvalue weighted by atomic mass is 79.9. The molecule has 1 aliphatic rings. The van der Waals surface area contributed by atoms with Gasteiger partial charge in [0, 0.05) is 11.4 Å². The van der Waals surface area contributed by atoms with Gasteiger partial charge in [0.15, 0.2) is 5.75 Å². The molecule has 1 aliphatic heterocycles. The van der Waals surface area contributed by atoms with Gasteiger partial charge in [-0.15, -0.1) is 0 Å². The summed E-state index contributed by atoms with van der Waals surface area (Å²) in [6.45, 7) is 1.81. The first-order chi connectivity index (χ1) is 8.60. The first kappa shape index (κ1) is 13.6. The maximum Gasteiger partial charge on any atom is 0.224 e. The molecule has 0 aliphatic carbocycles. The van der Waals surface area contributed by atoms with Crippen LogP contribution in [-0.4, -0.2) is 26.1 Å². The van der Waals surface area contributed by atoms with Crippen molar-refractivity contribution in [2.45, 2.75) is 6.42 Å². The second kappa shape index (κ2) is 5.91. The zero-order valence-electron chi connectivity index (χ0n) is 9.93. The van der Waals surface area contributed by atoms with Crippen molar-refractivity contribution in [3.05, 3.63) is 21.6 Å². The molecule has 1 fully saturated rings. The Bertz CT molecular complexity index is 464. The highest BCUT2D eigenvalue weighted by Gasteiger charge is 2.21. The molecule has 1 amide bonds. The van der Waals surface area contributed by atoms with Crippen molar-refractivity contribution >= 4 is 39.1 Å². The molecular formula is C12H14BrClN2O2. The molecule has 0 bridgehead atoms. The van der Waals surface area contributed by atoms with Gasteiger partial charge in [-0.25, -0.2) is 0 Å². The molecule has 1 aromatic rings. The van der Waals surface area contributed by atoms with E-state index in [2.05, 4.69) is 26.6 Å². The van der Waals surface area contributed by atoms with Crippen LogP contribution in [0.1, 0.15) is 6.42 Å². The minimum Gasteiger partial charge on any atom is -0.493 e. The Labute approximate surface area is 119 Å². The summed E-state index contributed by atoms with van der Waals surface area (Å²) in [7, 11) is 1.56. The number of ether oxygens (including phenoxy) is 1. The number of nitrogens with one attached hydrogen (secondary N) is 2. The lowest BCUT2D eigenvalue weighted by Crippen LogP contribution is -2.43. The Kier molecular flexibility index (Phi) is 4.48. The Balaban J connectivity index is 2.09.